The van der Waals surface area contributed by atoms with Gasteiger partial charge in [0.05, 0.1) is 5.52 Å². The van der Waals surface area contributed by atoms with E-state index in [0.29, 0.717) is 11.1 Å². The van der Waals surface area contributed by atoms with E-state index in [1.165, 1.54) is 7.11 Å². The molecule has 14 heavy (non-hydrogen) atoms. The van der Waals surface area contributed by atoms with E-state index in [2.05, 4.69) is 4.98 Å². The summed E-state index contributed by atoms with van der Waals surface area (Å²) in [4.78, 5) is 13.4. The van der Waals surface area contributed by atoms with Gasteiger partial charge in [0.25, 0.3) is 0 Å². The van der Waals surface area contributed by atoms with Gasteiger partial charge in [-0.05, 0) is 17.7 Å². The van der Waals surface area contributed by atoms with Crippen molar-refractivity contribution >= 4 is 11.1 Å². The summed E-state index contributed by atoms with van der Waals surface area (Å²) in [7, 11) is 1.52. The number of ether oxygens (including phenoxy) is 1. The maximum atomic E-state index is 10.9. The third kappa shape index (κ3) is 1.43. The maximum Gasteiger partial charge on any atom is 0.417 e. The van der Waals surface area contributed by atoms with Gasteiger partial charge in [-0.3, -0.25) is 4.98 Å². The van der Waals surface area contributed by atoms with Crippen molar-refractivity contribution in [2.45, 2.75) is 6.23 Å². The van der Waals surface area contributed by atoms with Crippen molar-refractivity contribution in [1.29, 1.82) is 0 Å². The number of nitrogens with two attached hydrogens (primary N) is 1. The monoisotopic (exact) mass is 194 g/mol. The van der Waals surface area contributed by atoms with Crippen LogP contribution in [0.1, 0.15) is 11.8 Å². The lowest BCUT2D eigenvalue weighted by Crippen LogP contribution is -2.11. The topological polar surface area (TPSA) is 81.2 Å². The Hall–Kier alpha value is -1.59. The molecule has 0 saturated heterocycles. The Labute approximate surface area is 79.5 Å². The second-order valence-corrected chi connectivity index (χ2v) is 2.93. The molecule has 0 bridgehead atoms. The van der Waals surface area contributed by atoms with E-state index >= 15 is 0 Å². The first kappa shape index (κ1) is 8.98. The number of hydrogen-bond donors (Lipinski definition) is 2. The molecule has 1 heterocycles. The van der Waals surface area contributed by atoms with Crippen molar-refractivity contribution in [1.82, 2.24) is 4.98 Å². The van der Waals surface area contributed by atoms with Crippen LogP contribution in [0.3, 0.4) is 0 Å². The van der Waals surface area contributed by atoms with E-state index in [1.54, 1.807) is 18.2 Å². The summed E-state index contributed by atoms with van der Waals surface area (Å²) >= 11 is 0. The van der Waals surface area contributed by atoms with Gasteiger partial charge in [-0.25, -0.2) is 4.79 Å². The number of methoxy groups -OCH3 is 1. The van der Waals surface area contributed by atoms with Gasteiger partial charge in [0.1, 0.15) is 6.23 Å². The number of rotatable bonds is 2. The fourth-order valence-corrected chi connectivity index (χ4v) is 1.28. The lowest BCUT2D eigenvalue weighted by molar-refractivity contribution is 0.109. The highest BCUT2D eigenvalue weighted by molar-refractivity contribution is 5.72. The summed E-state index contributed by atoms with van der Waals surface area (Å²) in [6.07, 6.45) is -0.488. The number of hydrogen-bond acceptors (Lipinski definition) is 4. The molecular weight excluding hydrogens is 184 g/mol. The smallest absolute Gasteiger partial charge is 0.408 e. The first-order valence-electron chi connectivity index (χ1n) is 4.12. The third-order valence-corrected chi connectivity index (χ3v) is 2.03. The Kier molecular flexibility index (Phi) is 2.11. The number of benzene rings is 1. The fraction of sp³-hybridized carbons (Fsp3) is 0.222. The highest BCUT2D eigenvalue weighted by atomic mass is 16.5. The van der Waals surface area contributed by atoms with E-state index in [4.69, 9.17) is 14.9 Å². The predicted molar refractivity (Wildman–Crippen MR) is 50.8 cm³/mol. The number of fused-ring (bicyclic) bond motifs is 1. The molecule has 1 aromatic heterocycles. The van der Waals surface area contributed by atoms with Crippen molar-refractivity contribution in [3.8, 4) is 0 Å². The zero-order valence-electron chi connectivity index (χ0n) is 7.61. The van der Waals surface area contributed by atoms with E-state index in [-0.39, 0.29) is 0 Å². The number of aromatic nitrogens is 1. The second kappa shape index (κ2) is 3.28. The molecule has 3 N–H and O–H groups in total. The van der Waals surface area contributed by atoms with Crippen LogP contribution in [0.15, 0.2) is 27.4 Å². The minimum atomic E-state index is -0.488. The average Bonchev–Trinajstić information content (AvgIpc) is 2.55. The maximum absolute atomic E-state index is 10.9. The zero-order chi connectivity index (χ0) is 10.1. The summed E-state index contributed by atoms with van der Waals surface area (Å²) in [5.74, 6) is -0.469. The molecular formula is C9H10N2O3. The Morgan fingerprint density at radius 1 is 1.57 bits per heavy atom. The van der Waals surface area contributed by atoms with Gasteiger partial charge < -0.3 is 14.9 Å². The number of aromatic amines is 1. The summed E-state index contributed by atoms with van der Waals surface area (Å²) < 4.78 is 9.79. The molecule has 0 amide bonds. The van der Waals surface area contributed by atoms with Gasteiger partial charge in [-0.15, -0.1) is 0 Å². The number of nitrogens with one attached hydrogen (secondary N) is 1. The van der Waals surface area contributed by atoms with E-state index < -0.39 is 12.0 Å². The van der Waals surface area contributed by atoms with Gasteiger partial charge >= 0.3 is 5.76 Å². The largest absolute Gasteiger partial charge is 0.417 e. The van der Waals surface area contributed by atoms with Crippen molar-refractivity contribution in [2.75, 3.05) is 7.11 Å². The highest BCUT2D eigenvalue weighted by Crippen LogP contribution is 2.16. The number of H-pyrrole nitrogens is 1. The van der Waals surface area contributed by atoms with Gasteiger partial charge in [-0.1, -0.05) is 6.07 Å². The molecule has 1 atom stereocenters. The fourth-order valence-electron chi connectivity index (χ4n) is 1.28. The lowest BCUT2D eigenvalue weighted by atomic mass is 10.2. The van der Waals surface area contributed by atoms with Crippen molar-refractivity contribution in [3.05, 3.63) is 34.3 Å². The Morgan fingerprint density at radius 3 is 3.07 bits per heavy atom. The standard InChI is InChI=1S/C9H10N2O3/c1-13-8(10)5-2-3-7-6(4-5)11-9(12)14-7/h2-4,8H,10H2,1H3,(H,11,12). The molecule has 0 saturated carbocycles. The third-order valence-electron chi connectivity index (χ3n) is 2.03. The SMILES string of the molecule is COC(N)c1ccc2oc(=O)[nH]c2c1. The normalized spacial score (nSPS) is 13.3. The number of oxazole rings is 1. The van der Waals surface area contributed by atoms with Crippen LogP contribution in [0.25, 0.3) is 11.1 Å². The second-order valence-electron chi connectivity index (χ2n) is 2.93. The Bertz CT molecular complexity index is 500. The van der Waals surface area contributed by atoms with Crippen molar-refractivity contribution < 1.29 is 9.15 Å². The quantitative estimate of drug-likeness (QED) is 0.690. The predicted octanol–water partition coefficient (Wildman–Crippen LogP) is 0.725. The van der Waals surface area contributed by atoms with Crippen molar-refractivity contribution in [3.63, 3.8) is 0 Å². The van der Waals surface area contributed by atoms with Crippen LogP contribution in [-0.4, -0.2) is 12.1 Å². The van der Waals surface area contributed by atoms with Crippen LogP contribution in [0, 0.1) is 0 Å². The molecule has 0 aliphatic rings. The summed E-state index contributed by atoms with van der Waals surface area (Å²) in [5.41, 5.74) is 7.58. The van der Waals surface area contributed by atoms with Gasteiger partial charge in [0.2, 0.25) is 0 Å². The van der Waals surface area contributed by atoms with Gasteiger partial charge in [0.15, 0.2) is 5.58 Å². The van der Waals surface area contributed by atoms with E-state index in [0.717, 1.165) is 5.56 Å². The van der Waals surface area contributed by atoms with Crippen LogP contribution < -0.4 is 11.5 Å². The van der Waals surface area contributed by atoms with Gasteiger partial charge in [0, 0.05) is 7.11 Å². The first-order valence-corrected chi connectivity index (χ1v) is 4.12. The molecule has 5 nitrogen and oxygen atoms in total. The minimum absolute atomic E-state index is 0.469. The molecule has 0 aliphatic heterocycles. The molecule has 2 rings (SSSR count). The molecule has 0 spiro atoms. The van der Waals surface area contributed by atoms with Crippen LogP contribution in [-0.2, 0) is 4.74 Å². The molecule has 0 radical (unpaired) electrons. The average molecular weight is 194 g/mol. The lowest BCUT2D eigenvalue weighted by Gasteiger charge is -2.08. The van der Waals surface area contributed by atoms with Crippen LogP contribution in [0.2, 0.25) is 0 Å². The van der Waals surface area contributed by atoms with E-state index in [1.807, 2.05) is 0 Å². The molecule has 0 aliphatic carbocycles. The van der Waals surface area contributed by atoms with Crippen LogP contribution in [0.4, 0.5) is 0 Å². The van der Waals surface area contributed by atoms with E-state index in [9.17, 15) is 4.79 Å². The van der Waals surface area contributed by atoms with Crippen LogP contribution in [0.5, 0.6) is 0 Å². The first-order chi connectivity index (χ1) is 6.70. The van der Waals surface area contributed by atoms with Gasteiger partial charge in [-0.2, -0.15) is 0 Å². The van der Waals surface area contributed by atoms with Crippen molar-refractivity contribution in [2.24, 2.45) is 5.73 Å². The molecule has 1 unspecified atom stereocenters. The Morgan fingerprint density at radius 2 is 2.36 bits per heavy atom. The summed E-state index contributed by atoms with van der Waals surface area (Å²) in [6.45, 7) is 0. The molecule has 1 aromatic carbocycles. The highest BCUT2D eigenvalue weighted by Gasteiger charge is 2.07. The van der Waals surface area contributed by atoms with Crippen LogP contribution >= 0.6 is 0 Å². The Balaban J connectivity index is 2.55. The molecule has 5 heteroatoms. The minimum Gasteiger partial charge on any atom is -0.408 e. The summed E-state index contributed by atoms with van der Waals surface area (Å²) in [5, 5.41) is 0. The summed E-state index contributed by atoms with van der Waals surface area (Å²) in [6, 6.07) is 5.17. The molecule has 2 aromatic rings. The molecule has 0 fully saturated rings. The molecule has 74 valence electrons. The zero-order valence-corrected chi connectivity index (χ0v) is 7.61.